The minimum Gasteiger partial charge on any atom is -0.496 e. The Morgan fingerprint density at radius 3 is 2.56 bits per heavy atom. The topological polar surface area (TPSA) is 98.6 Å². The number of nitrogens with two attached hydrogens (primary N) is 2. The van der Waals surface area contributed by atoms with Gasteiger partial charge in [-0.25, -0.2) is 0 Å². The average molecular weight is 289 g/mol. The number of carbonyl (C=O) groups is 1. The van der Waals surface area contributed by atoms with Gasteiger partial charge in [-0.05, 0) is 33.6 Å². The second-order valence-electron chi connectivity index (χ2n) is 3.28. The second kappa shape index (κ2) is 5.29. The lowest BCUT2D eigenvalue weighted by Crippen LogP contribution is -2.40. The van der Waals surface area contributed by atoms with Crippen molar-refractivity contribution < 1.29 is 14.6 Å². The number of ether oxygens (including phenoxy) is 1. The van der Waals surface area contributed by atoms with E-state index >= 15 is 0 Å². The fourth-order valence-electron chi connectivity index (χ4n) is 1.25. The molecule has 0 saturated carbocycles. The van der Waals surface area contributed by atoms with Crippen LogP contribution in [-0.4, -0.2) is 24.2 Å². The molecule has 5 nitrogen and oxygen atoms in total. The maximum atomic E-state index is 10.7. The van der Waals surface area contributed by atoms with E-state index in [0.29, 0.717) is 15.8 Å². The predicted molar refractivity (Wildman–Crippen MR) is 63.2 cm³/mol. The lowest BCUT2D eigenvalue weighted by Gasteiger charge is -2.17. The molecule has 1 rings (SSSR count). The molecule has 6 heteroatoms. The van der Waals surface area contributed by atoms with Crippen molar-refractivity contribution in [3.05, 3.63) is 28.2 Å². The van der Waals surface area contributed by atoms with E-state index in [9.17, 15) is 4.79 Å². The van der Waals surface area contributed by atoms with Crippen LogP contribution in [0.4, 0.5) is 0 Å². The smallest absolute Gasteiger partial charge is 0.322 e. The van der Waals surface area contributed by atoms with Crippen LogP contribution >= 0.6 is 15.9 Å². The molecule has 0 fully saturated rings. The first-order valence-electron chi connectivity index (χ1n) is 4.54. The third kappa shape index (κ3) is 2.72. The summed E-state index contributed by atoms with van der Waals surface area (Å²) in [7, 11) is 1.54. The van der Waals surface area contributed by atoms with Crippen molar-refractivity contribution in [2.24, 2.45) is 11.5 Å². The number of rotatable bonds is 4. The maximum Gasteiger partial charge on any atom is 0.322 e. The van der Waals surface area contributed by atoms with Crippen LogP contribution in [0.15, 0.2) is 22.7 Å². The van der Waals surface area contributed by atoms with Crippen LogP contribution < -0.4 is 16.2 Å². The van der Waals surface area contributed by atoms with Gasteiger partial charge in [0.25, 0.3) is 0 Å². The fourth-order valence-corrected chi connectivity index (χ4v) is 1.81. The van der Waals surface area contributed by atoms with E-state index in [2.05, 4.69) is 15.9 Å². The van der Waals surface area contributed by atoms with E-state index in [1.807, 2.05) is 0 Å². The molecular formula is C10H13BrN2O3. The molecule has 0 amide bonds. The Labute approximate surface area is 102 Å². The van der Waals surface area contributed by atoms with Crippen molar-refractivity contribution in [3.63, 3.8) is 0 Å². The lowest BCUT2D eigenvalue weighted by atomic mass is 10.0. The standard InChI is InChI=1S/C10H13BrN2O3/c1-16-7-3-2-5(4-6(7)11)8(12)9(13)10(14)15/h2-4,8-9H,12-13H2,1H3,(H,14,15). The Bertz CT molecular complexity index is 398. The van der Waals surface area contributed by atoms with Crippen LogP contribution in [0.5, 0.6) is 5.75 Å². The Hall–Kier alpha value is -1.11. The van der Waals surface area contributed by atoms with Crippen LogP contribution in [-0.2, 0) is 4.79 Å². The van der Waals surface area contributed by atoms with Gasteiger partial charge in [-0.3, -0.25) is 4.79 Å². The Morgan fingerprint density at radius 2 is 2.12 bits per heavy atom. The Balaban J connectivity index is 2.97. The van der Waals surface area contributed by atoms with E-state index in [4.69, 9.17) is 21.3 Å². The predicted octanol–water partition coefficient (Wildman–Crippen LogP) is 0.869. The lowest BCUT2D eigenvalue weighted by molar-refractivity contribution is -0.139. The summed E-state index contributed by atoms with van der Waals surface area (Å²) in [5, 5.41) is 8.74. The molecule has 0 aromatic heterocycles. The molecule has 16 heavy (non-hydrogen) atoms. The monoisotopic (exact) mass is 288 g/mol. The summed E-state index contributed by atoms with van der Waals surface area (Å²) in [5.74, 6) is -0.473. The van der Waals surface area contributed by atoms with Gasteiger partial charge in [0.05, 0.1) is 17.6 Å². The number of carboxylic acid groups (broad SMARTS) is 1. The molecule has 0 aliphatic rings. The van der Waals surface area contributed by atoms with Crippen molar-refractivity contribution in [3.8, 4) is 5.75 Å². The molecule has 0 heterocycles. The van der Waals surface area contributed by atoms with Crippen LogP contribution in [0.2, 0.25) is 0 Å². The van der Waals surface area contributed by atoms with E-state index < -0.39 is 18.1 Å². The van der Waals surface area contributed by atoms with Crippen molar-refractivity contribution in [1.82, 2.24) is 0 Å². The molecule has 0 aliphatic carbocycles. The molecule has 0 spiro atoms. The first kappa shape index (κ1) is 13.0. The Kier molecular flexibility index (Phi) is 4.28. The van der Waals surface area contributed by atoms with Crippen LogP contribution in [0.3, 0.4) is 0 Å². The zero-order valence-corrected chi connectivity index (χ0v) is 10.3. The van der Waals surface area contributed by atoms with E-state index in [1.165, 1.54) is 0 Å². The van der Waals surface area contributed by atoms with Crippen LogP contribution in [0.25, 0.3) is 0 Å². The zero-order valence-electron chi connectivity index (χ0n) is 8.68. The van der Waals surface area contributed by atoms with Crippen LogP contribution in [0, 0.1) is 0 Å². The highest BCUT2D eigenvalue weighted by atomic mass is 79.9. The summed E-state index contributed by atoms with van der Waals surface area (Å²) in [6.07, 6.45) is 0. The van der Waals surface area contributed by atoms with Gasteiger partial charge in [0, 0.05) is 0 Å². The molecule has 5 N–H and O–H groups in total. The first-order chi connectivity index (χ1) is 7.47. The average Bonchev–Trinajstić information content (AvgIpc) is 2.26. The maximum absolute atomic E-state index is 10.7. The minimum atomic E-state index is -1.13. The van der Waals surface area contributed by atoms with E-state index in [0.717, 1.165) is 0 Å². The number of hydrogen-bond acceptors (Lipinski definition) is 4. The molecule has 2 atom stereocenters. The fraction of sp³-hybridized carbons (Fsp3) is 0.300. The number of methoxy groups -OCH3 is 1. The Morgan fingerprint density at radius 1 is 1.50 bits per heavy atom. The quantitative estimate of drug-likeness (QED) is 0.764. The summed E-state index contributed by atoms with van der Waals surface area (Å²) < 4.78 is 5.76. The van der Waals surface area contributed by atoms with E-state index in [1.54, 1.807) is 25.3 Å². The molecule has 1 aromatic rings. The number of benzene rings is 1. The molecular weight excluding hydrogens is 276 g/mol. The molecule has 0 aliphatic heterocycles. The van der Waals surface area contributed by atoms with Crippen molar-refractivity contribution in [2.45, 2.75) is 12.1 Å². The van der Waals surface area contributed by atoms with Gasteiger partial charge in [0.1, 0.15) is 11.8 Å². The van der Waals surface area contributed by atoms with Gasteiger partial charge >= 0.3 is 5.97 Å². The van der Waals surface area contributed by atoms with Gasteiger partial charge < -0.3 is 21.3 Å². The highest BCUT2D eigenvalue weighted by molar-refractivity contribution is 9.10. The van der Waals surface area contributed by atoms with Gasteiger partial charge in [0.2, 0.25) is 0 Å². The van der Waals surface area contributed by atoms with E-state index in [-0.39, 0.29) is 0 Å². The summed E-state index contributed by atoms with van der Waals surface area (Å²) in [5.41, 5.74) is 11.8. The van der Waals surface area contributed by atoms with Crippen LogP contribution in [0.1, 0.15) is 11.6 Å². The summed E-state index contributed by atoms with van der Waals surface area (Å²) >= 11 is 3.29. The largest absolute Gasteiger partial charge is 0.496 e. The normalized spacial score (nSPS) is 14.2. The third-order valence-electron chi connectivity index (χ3n) is 2.23. The van der Waals surface area contributed by atoms with Gasteiger partial charge in [-0.1, -0.05) is 6.07 Å². The van der Waals surface area contributed by atoms with Crippen molar-refractivity contribution >= 4 is 21.9 Å². The highest BCUT2D eigenvalue weighted by Gasteiger charge is 2.22. The highest BCUT2D eigenvalue weighted by Crippen LogP contribution is 2.28. The SMILES string of the molecule is COc1ccc(C(N)C(N)C(=O)O)cc1Br. The molecule has 1 aromatic carbocycles. The van der Waals surface area contributed by atoms with Gasteiger partial charge in [-0.2, -0.15) is 0 Å². The number of hydrogen-bond donors (Lipinski definition) is 3. The summed E-state index contributed by atoms with van der Waals surface area (Å²) in [4.78, 5) is 10.7. The number of carboxylic acids is 1. The van der Waals surface area contributed by atoms with Gasteiger partial charge in [0.15, 0.2) is 0 Å². The summed E-state index contributed by atoms with van der Waals surface area (Å²) in [6.45, 7) is 0. The molecule has 88 valence electrons. The number of aliphatic carboxylic acids is 1. The minimum absolute atomic E-state index is 0.641. The van der Waals surface area contributed by atoms with Crippen molar-refractivity contribution in [1.29, 1.82) is 0 Å². The number of halogens is 1. The molecule has 0 bridgehead atoms. The second-order valence-corrected chi connectivity index (χ2v) is 4.14. The first-order valence-corrected chi connectivity index (χ1v) is 5.34. The molecule has 2 unspecified atom stereocenters. The van der Waals surface area contributed by atoms with Gasteiger partial charge in [-0.15, -0.1) is 0 Å². The molecule has 0 radical (unpaired) electrons. The summed E-state index contributed by atoms with van der Waals surface area (Å²) in [6, 6.07) is 3.22. The zero-order chi connectivity index (χ0) is 12.3. The van der Waals surface area contributed by atoms with Crippen molar-refractivity contribution in [2.75, 3.05) is 7.11 Å². The third-order valence-corrected chi connectivity index (χ3v) is 2.85. The molecule has 0 saturated heterocycles.